The quantitative estimate of drug-likeness (QED) is 0.679. The van der Waals surface area contributed by atoms with E-state index in [1.54, 1.807) is 12.1 Å². The van der Waals surface area contributed by atoms with E-state index in [1.165, 1.54) is 12.1 Å². The van der Waals surface area contributed by atoms with E-state index < -0.39 is 12.2 Å². The Labute approximate surface area is 119 Å². The van der Waals surface area contributed by atoms with Crippen molar-refractivity contribution in [3.8, 4) is 0 Å². The van der Waals surface area contributed by atoms with E-state index in [4.69, 9.17) is 0 Å². The van der Waals surface area contributed by atoms with Gasteiger partial charge >= 0.3 is 5.51 Å². The maximum Gasteiger partial charge on any atom is 0.446 e. The van der Waals surface area contributed by atoms with Crippen molar-refractivity contribution in [2.24, 2.45) is 0 Å². The molecule has 0 unspecified atom stereocenters. The summed E-state index contributed by atoms with van der Waals surface area (Å²) in [6.45, 7) is 2.56. The lowest BCUT2D eigenvalue weighted by molar-refractivity contribution is -0.0328. The fourth-order valence-corrected chi connectivity index (χ4v) is 2.82. The van der Waals surface area contributed by atoms with Gasteiger partial charge in [-0.25, -0.2) is 4.39 Å². The van der Waals surface area contributed by atoms with Crippen molar-refractivity contribution < 1.29 is 17.6 Å². The molecule has 1 aromatic carbocycles. The van der Waals surface area contributed by atoms with Crippen LogP contribution in [0.3, 0.4) is 0 Å². The molecule has 1 fully saturated rings. The normalized spacial score (nSPS) is 19.0. The van der Waals surface area contributed by atoms with E-state index in [0.29, 0.717) is 0 Å². The van der Waals surface area contributed by atoms with Crippen LogP contribution in [0.5, 0.6) is 0 Å². The first kappa shape index (κ1) is 15.6. The second kappa shape index (κ2) is 6.78. The van der Waals surface area contributed by atoms with Crippen LogP contribution in [-0.4, -0.2) is 43.3 Å². The molecule has 1 aliphatic rings. The summed E-state index contributed by atoms with van der Waals surface area (Å²) >= 11 is -0.153. The summed E-state index contributed by atoms with van der Waals surface area (Å²) in [5.74, 6) is 0. The van der Waals surface area contributed by atoms with E-state index in [1.807, 2.05) is 4.90 Å². The van der Waals surface area contributed by atoms with Gasteiger partial charge in [-0.1, -0.05) is 12.1 Å². The maximum absolute atomic E-state index is 13.3. The number of thioether (sulfide) groups is 1. The molecule has 20 heavy (non-hydrogen) atoms. The molecule has 7 heteroatoms. The van der Waals surface area contributed by atoms with Crippen LogP contribution in [-0.2, 0) is 0 Å². The molecule has 0 bridgehead atoms. The SMILES string of the molecule is FC[C@H](c1ccc(SC(F)(F)F)cc1)N1CCNCC1. The molecule has 1 aliphatic heterocycles. The molecule has 2 nitrogen and oxygen atoms in total. The molecule has 1 saturated heterocycles. The van der Waals surface area contributed by atoms with Gasteiger partial charge in [-0.05, 0) is 29.5 Å². The van der Waals surface area contributed by atoms with Gasteiger partial charge in [0.2, 0.25) is 0 Å². The number of piperazine rings is 1. The first-order valence-electron chi connectivity index (χ1n) is 6.36. The van der Waals surface area contributed by atoms with Crippen LogP contribution in [0.15, 0.2) is 29.2 Å². The van der Waals surface area contributed by atoms with E-state index in [0.717, 1.165) is 31.7 Å². The molecular weight excluding hydrogens is 292 g/mol. The molecule has 0 radical (unpaired) electrons. The molecule has 1 heterocycles. The smallest absolute Gasteiger partial charge is 0.314 e. The highest BCUT2D eigenvalue weighted by atomic mass is 32.2. The summed E-state index contributed by atoms with van der Waals surface area (Å²) in [6.07, 6.45) is 0. The van der Waals surface area contributed by atoms with E-state index >= 15 is 0 Å². The van der Waals surface area contributed by atoms with Gasteiger partial charge in [-0.3, -0.25) is 4.90 Å². The van der Waals surface area contributed by atoms with Crippen molar-refractivity contribution in [1.82, 2.24) is 10.2 Å². The second-order valence-corrected chi connectivity index (χ2v) is 5.71. The second-order valence-electron chi connectivity index (χ2n) is 4.57. The minimum Gasteiger partial charge on any atom is -0.314 e. The Morgan fingerprint density at radius 2 is 1.75 bits per heavy atom. The van der Waals surface area contributed by atoms with Crippen molar-refractivity contribution >= 4 is 11.8 Å². The van der Waals surface area contributed by atoms with Crippen LogP contribution in [0.1, 0.15) is 11.6 Å². The molecule has 1 aromatic rings. The molecule has 1 atom stereocenters. The molecule has 0 amide bonds. The molecule has 0 aliphatic carbocycles. The van der Waals surface area contributed by atoms with Crippen LogP contribution >= 0.6 is 11.8 Å². The molecular formula is C13H16F4N2S. The fraction of sp³-hybridized carbons (Fsp3) is 0.538. The Hall–Kier alpha value is -0.790. The van der Waals surface area contributed by atoms with Gasteiger partial charge in [0.25, 0.3) is 0 Å². The predicted molar refractivity (Wildman–Crippen MR) is 71.5 cm³/mol. The lowest BCUT2D eigenvalue weighted by Crippen LogP contribution is -2.45. The third kappa shape index (κ3) is 4.36. The van der Waals surface area contributed by atoms with Gasteiger partial charge in [0.05, 0.1) is 6.04 Å². The monoisotopic (exact) mass is 308 g/mol. The van der Waals surface area contributed by atoms with Crippen molar-refractivity contribution in [2.75, 3.05) is 32.9 Å². The zero-order valence-corrected chi connectivity index (χ0v) is 11.6. The van der Waals surface area contributed by atoms with E-state index in [2.05, 4.69) is 5.32 Å². The Morgan fingerprint density at radius 1 is 1.15 bits per heavy atom. The predicted octanol–water partition coefficient (Wildman–Crippen LogP) is 3.21. The summed E-state index contributed by atoms with van der Waals surface area (Å²) in [6, 6.07) is 5.60. The number of alkyl halides is 4. The Balaban J connectivity index is 2.06. The van der Waals surface area contributed by atoms with Gasteiger partial charge in [0.15, 0.2) is 0 Å². The number of rotatable bonds is 4. The number of benzene rings is 1. The van der Waals surface area contributed by atoms with Gasteiger partial charge in [-0.2, -0.15) is 13.2 Å². The number of nitrogens with one attached hydrogen (secondary N) is 1. The highest BCUT2D eigenvalue weighted by Crippen LogP contribution is 2.37. The first-order chi connectivity index (χ1) is 9.49. The van der Waals surface area contributed by atoms with Gasteiger partial charge in [0.1, 0.15) is 6.67 Å². The Kier molecular flexibility index (Phi) is 5.29. The molecule has 1 N–H and O–H groups in total. The highest BCUT2D eigenvalue weighted by Gasteiger charge is 2.29. The number of hydrogen-bond acceptors (Lipinski definition) is 3. The van der Waals surface area contributed by atoms with Crippen LogP contribution in [0, 0.1) is 0 Å². The zero-order chi connectivity index (χ0) is 14.6. The Morgan fingerprint density at radius 3 is 2.25 bits per heavy atom. The number of nitrogens with zero attached hydrogens (tertiary/aromatic N) is 1. The molecule has 0 aromatic heterocycles. The average molecular weight is 308 g/mol. The molecule has 0 saturated carbocycles. The topological polar surface area (TPSA) is 15.3 Å². The summed E-state index contributed by atoms with van der Waals surface area (Å²) in [5, 5.41) is 3.19. The summed E-state index contributed by atoms with van der Waals surface area (Å²) < 4.78 is 50.0. The van der Waals surface area contributed by atoms with Crippen molar-refractivity contribution in [3.63, 3.8) is 0 Å². The summed E-state index contributed by atoms with van der Waals surface area (Å²) in [7, 11) is 0. The van der Waals surface area contributed by atoms with Gasteiger partial charge < -0.3 is 5.32 Å². The van der Waals surface area contributed by atoms with Crippen LogP contribution in [0.4, 0.5) is 17.6 Å². The average Bonchev–Trinajstić information content (AvgIpc) is 2.41. The third-order valence-corrected chi connectivity index (χ3v) is 3.98. The van der Waals surface area contributed by atoms with E-state index in [-0.39, 0.29) is 22.7 Å². The standard InChI is InChI=1S/C13H16F4N2S/c14-9-12(19-7-5-18-6-8-19)10-1-3-11(4-2-10)20-13(15,16)17/h1-4,12,18H,5-9H2/t12-/m1/s1. The van der Waals surface area contributed by atoms with Crippen LogP contribution < -0.4 is 5.32 Å². The highest BCUT2D eigenvalue weighted by molar-refractivity contribution is 8.00. The minimum atomic E-state index is -4.29. The van der Waals surface area contributed by atoms with Crippen molar-refractivity contribution in [2.45, 2.75) is 16.4 Å². The Bertz CT molecular complexity index is 415. The molecule has 2 rings (SSSR count). The first-order valence-corrected chi connectivity index (χ1v) is 7.18. The van der Waals surface area contributed by atoms with Crippen molar-refractivity contribution in [1.29, 1.82) is 0 Å². The van der Waals surface area contributed by atoms with Crippen LogP contribution in [0.25, 0.3) is 0 Å². The van der Waals surface area contributed by atoms with Gasteiger partial charge in [0, 0.05) is 31.1 Å². The number of halogens is 4. The van der Waals surface area contributed by atoms with Crippen molar-refractivity contribution in [3.05, 3.63) is 29.8 Å². The summed E-state index contributed by atoms with van der Waals surface area (Å²) in [4.78, 5) is 2.14. The zero-order valence-electron chi connectivity index (χ0n) is 10.8. The number of hydrogen-bond donors (Lipinski definition) is 1. The van der Waals surface area contributed by atoms with E-state index in [9.17, 15) is 17.6 Å². The third-order valence-electron chi connectivity index (χ3n) is 3.24. The fourth-order valence-electron chi connectivity index (χ4n) is 2.28. The largest absolute Gasteiger partial charge is 0.446 e. The lowest BCUT2D eigenvalue weighted by atomic mass is 10.1. The maximum atomic E-state index is 13.3. The van der Waals surface area contributed by atoms with Crippen LogP contribution in [0.2, 0.25) is 0 Å². The van der Waals surface area contributed by atoms with Gasteiger partial charge in [-0.15, -0.1) is 0 Å². The molecule has 112 valence electrons. The molecule has 0 spiro atoms. The minimum absolute atomic E-state index is 0.124. The summed E-state index contributed by atoms with van der Waals surface area (Å²) in [5.41, 5.74) is -3.57. The lowest BCUT2D eigenvalue weighted by Gasteiger charge is -2.33.